The summed E-state index contributed by atoms with van der Waals surface area (Å²) in [7, 11) is 0. The molecule has 7 nitrogen and oxygen atoms in total. The van der Waals surface area contributed by atoms with E-state index in [0.29, 0.717) is 19.5 Å². The lowest BCUT2D eigenvalue weighted by Gasteiger charge is -2.36. The summed E-state index contributed by atoms with van der Waals surface area (Å²) in [6.07, 6.45) is -1.63. The first-order chi connectivity index (χ1) is 21.1. The van der Waals surface area contributed by atoms with E-state index in [0.717, 1.165) is 22.3 Å². The summed E-state index contributed by atoms with van der Waals surface area (Å²) < 4.78 is 25.6. The molecule has 0 radical (unpaired) electrons. The van der Waals surface area contributed by atoms with Gasteiger partial charge in [0.2, 0.25) is 5.91 Å². The highest BCUT2D eigenvalue weighted by Gasteiger charge is 2.38. The van der Waals surface area contributed by atoms with Crippen LogP contribution in [0.4, 0.5) is 0 Å². The molecule has 0 heterocycles. The number of hydrogen-bond donors (Lipinski definition) is 1. The standard InChI is InChI=1S/C36H39NO6/c1-28(39)37-33(22-38)35(42-25-31-18-10-4-11-19-31)36(43-26-32-20-12-5-13-21-32)34(41-24-30-16-8-3-9-17-30)27-40-23-29-14-6-2-7-15-29/h2-22,33-36H,23-27H2,1H3,(H,37,39)/t33-,34-,35-,36-/m1/s1. The third kappa shape index (κ3) is 10.9. The molecule has 0 aliphatic carbocycles. The van der Waals surface area contributed by atoms with Crippen molar-refractivity contribution in [2.45, 2.75) is 57.7 Å². The van der Waals surface area contributed by atoms with Crippen molar-refractivity contribution in [3.05, 3.63) is 144 Å². The zero-order chi connectivity index (χ0) is 30.1. The quantitative estimate of drug-likeness (QED) is 0.153. The fourth-order valence-electron chi connectivity index (χ4n) is 4.66. The zero-order valence-electron chi connectivity index (χ0n) is 24.4. The van der Waals surface area contributed by atoms with Crippen LogP contribution >= 0.6 is 0 Å². The highest BCUT2D eigenvalue weighted by Crippen LogP contribution is 2.22. The van der Waals surface area contributed by atoms with E-state index in [4.69, 9.17) is 18.9 Å². The lowest BCUT2D eigenvalue weighted by Crippen LogP contribution is -2.56. The minimum atomic E-state index is -0.987. The second kappa shape index (κ2) is 17.7. The molecule has 0 bridgehead atoms. The molecule has 43 heavy (non-hydrogen) atoms. The topological polar surface area (TPSA) is 83.1 Å². The fourth-order valence-corrected chi connectivity index (χ4v) is 4.66. The predicted octanol–water partition coefficient (Wildman–Crippen LogP) is 5.66. The Morgan fingerprint density at radius 2 is 1.00 bits per heavy atom. The molecule has 4 aromatic rings. The molecule has 4 aromatic carbocycles. The second-order valence-corrected chi connectivity index (χ2v) is 10.2. The number of hydrogen-bond acceptors (Lipinski definition) is 6. The van der Waals surface area contributed by atoms with Crippen LogP contribution in [0.15, 0.2) is 121 Å². The molecule has 0 spiro atoms. The molecule has 224 valence electrons. The molecular formula is C36H39NO6. The largest absolute Gasteiger partial charge is 0.374 e. The maximum atomic E-state index is 12.5. The van der Waals surface area contributed by atoms with Crippen molar-refractivity contribution in [2.24, 2.45) is 0 Å². The Kier molecular flexibility index (Phi) is 13.1. The minimum absolute atomic E-state index is 0.165. The number of carbonyl (C=O) groups is 2. The van der Waals surface area contributed by atoms with Gasteiger partial charge in [-0.2, -0.15) is 0 Å². The number of amides is 1. The van der Waals surface area contributed by atoms with Crippen molar-refractivity contribution in [3.8, 4) is 0 Å². The van der Waals surface area contributed by atoms with Crippen LogP contribution in [0.5, 0.6) is 0 Å². The zero-order valence-corrected chi connectivity index (χ0v) is 24.4. The molecular weight excluding hydrogens is 542 g/mol. The van der Waals surface area contributed by atoms with E-state index in [1.54, 1.807) is 0 Å². The molecule has 1 N–H and O–H groups in total. The van der Waals surface area contributed by atoms with Crippen LogP contribution in [0, 0.1) is 0 Å². The normalized spacial score (nSPS) is 13.9. The summed E-state index contributed by atoms with van der Waals surface area (Å²) in [5.41, 5.74) is 3.87. The highest BCUT2D eigenvalue weighted by molar-refractivity contribution is 5.77. The molecule has 0 saturated carbocycles. The van der Waals surface area contributed by atoms with Gasteiger partial charge in [-0.15, -0.1) is 0 Å². The van der Waals surface area contributed by atoms with Gasteiger partial charge in [0.1, 0.15) is 30.6 Å². The third-order valence-electron chi connectivity index (χ3n) is 6.83. The molecule has 4 rings (SSSR count). The third-order valence-corrected chi connectivity index (χ3v) is 6.83. The molecule has 0 aliphatic heterocycles. The van der Waals surface area contributed by atoms with Crippen molar-refractivity contribution < 1.29 is 28.5 Å². The molecule has 0 aromatic heterocycles. The predicted molar refractivity (Wildman–Crippen MR) is 165 cm³/mol. The molecule has 0 saturated heterocycles. The van der Waals surface area contributed by atoms with Gasteiger partial charge in [-0.1, -0.05) is 121 Å². The SMILES string of the molecule is CC(=O)N[C@H](C=O)[C@@H](OCc1ccccc1)[C@H](OCc1ccccc1)[C@@H](COCc1ccccc1)OCc1ccccc1. The Labute approximate surface area is 253 Å². The average Bonchev–Trinajstić information content (AvgIpc) is 3.05. The number of nitrogens with one attached hydrogen (secondary N) is 1. The number of carbonyl (C=O) groups excluding carboxylic acids is 2. The van der Waals surface area contributed by atoms with Gasteiger partial charge in [-0.25, -0.2) is 0 Å². The Morgan fingerprint density at radius 1 is 0.605 bits per heavy atom. The Balaban J connectivity index is 1.65. The highest BCUT2D eigenvalue weighted by atomic mass is 16.6. The van der Waals surface area contributed by atoms with Crippen LogP contribution in [0.2, 0.25) is 0 Å². The van der Waals surface area contributed by atoms with Crippen molar-refractivity contribution in [1.82, 2.24) is 5.32 Å². The van der Waals surface area contributed by atoms with E-state index < -0.39 is 24.4 Å². The number of ether oxygens (including phenoxy) is 4. The van der Waals surface area contributed by atoms with Gasteiger partial charge in [-0.3, -0.25) is 4.79 Å². The monoisotopic (exact) mass is 581 g/mol. The van der Waals surface area contributed by atoms with Crippen LogP contribution in [0.25, 0.3) is 0 Å². The summed E-state index contributed by atoms with van der Waals surface area (Å²) in [5.74, 6) is -0.352. The second-order valence-electron chi connectivity index (χ2n) is 10.2. The van der Waals surface area contributed by atoms with Crippen LogP contribution < -0.4 is 5.32 Å². The van der Waals surface area contributed by atoms with Gasteiger partial charge in [0.05, 0.1) is 33.0 Å². The summed E-state index contributed by atoms with van der Waals surface area (Å²) in [6, 6.07) is 38.1. The van der Waals surface area contributed by atoms with Gasteiger partial charge in [0.15, 0.2) is 0 Å². The van der Waals surface area contributed by atoms with Gasteiger partial charge >= 0.3 is 0 Å². The van der Waals surface area contributed by atoms with Gasteiger partial charge in [-0.05, 0) is 22.3 Å². The van der Waals surface area contributed by atoms with Crippen molar-refractivity contribution in [3.63, 3.8) is 0 Å². The van der Waals surface area contributed by atoms with Crippen LogP contribution in [-0.4, -0.2) is 43.2 Å². The first-order valence-corrected chi connectivity index (χ1v) is 14.4. The molecule has 7 heteroatoms. The molecule has 0 unspecified atom stereocenters. The van der Waals surface area contributed by atoms with Crippen molar-refractivity contribution in [1.29, 1.82) is 0 Å². The van der Waals surface area contributed by atoms with E-state index in [1.807, 2.05) is 121 Å². The number of benzene rings is 4. The fraction of sp³-hybridized carbons (Fsp3) is 0.278. The summed E-state index contributed by atoms with van der Waals surface area (Å²) in [5, 5.41) is 2.75. The van der Waals surface area contributed by atoms with E-state index in [9.17, 15) is 9.59 Å². The van der Waals surface area contributed by atoms with E-state index in [-0.39, 0.29) is 25.7 Å². The lowest BCUT2D eigenvalue weighted by molar-refractivity contribution is -0.176. The molecule has 4 atom stereocenters. The molecule has 1 amide bonds. The van der Waals surface area contributed by atoms with Gasteiger partial charge in [0, 0.05) is 6.92 Å². The van der Waals surface area contributed by atoms with Crippen LogP contribution in [-0.2, 0) is 55.0 Å². The molecule has 0 aliphatic rings. The first kappa shape index (κ1) is 31.8. The Morgan fingerprint density at radius 3 is 1.42 bits per heavy atom. The molecule has 0 fully saturated rings. The summed E-state index contributed by atoms with van der Waals surface area (Å²) >= 11 is 0. The summed E-state index contributed by atoms with van der Waals surface area (Å²) in [4.78, 5) is 24.6. The van der Waals surface area contributed by atoms with Crippen molar-refractivity contribution >= 4 is 12.2 Å². The number of aldehydes is 1. The number of rotatable bonds is 18. The van der Waals surface area contributed by atoms with Crippen LogP contribution in [0.1, 0.15) is 29.2 Å². The summed E-state index contributed by atoms with van der Waals surface area (Å²) in [6.45, 7) is 2.65. The van der Waals surface area contributed by atoms with E-state index >= 15 is 0 Å². The smallest absolute Gasteiger partial charge is 0.217 e. The maximum absolute atomic E-state index is 12.5. The van der Waals surface area contributed by atoms with Crippen LogP contribution in [0.3, 0.4) is 0 Å². The minimum Gasteiger partial charge on any atom is -0.374 e. The lowest BCUT2D eigenvalue weighted by atomic mass is 10.0. The van der Waals surface area contributed by atoms with Gasteiger partial charge < -0.3 is 29.1 Å². The average molecular weight is 582 g/mol. The van der Waals surface area contributed by atoms with E-state index in [2.05, 4.69) is 5.32 Å². The maximum Gasteiger partial charge on any atom is 0.217 e. The Hall–Kier alpha value is -4.14. The first-order valence-electron chi connectivity index (χ1n) is 14.4. The Bertz CT molecular complexity index is 1340. The van der Waals surface area contributed by atoms with Gasteiger partial charge in [0.25, 0.3) is 0 Å². The van der Waals surface area contributed by atoms with Crippen molar-refractivity contribution in [2.75, 3.05) is 6.61 Å². The van der Waals surface area contributed by atoms with E-state index in [1.165, 1.54) is 6.92 Å².